The zero-order valence-corrected chi connectivity index (χ0v) is 11.5. The normalized spacial score (nSPS) is 10.5. The number of hydrogen-bond acceptors (Lipinski definition) is 2. The summed E-state index contributed by atoms with van der Waals surface area (Å²) in [5, 5.41) is 16.0. The summed E-state index contributed by atoms with van der Waals surface area (Å²) in [4.78, 5) is 11.1. The lowest BCUT2D eigenvalue weighted by Gasteiger charge is -2.09. The van der Waals surface area contributed by atoms with Crippen molar-refractivity contribution in [2.24, 2.45) is 0 Å². The smallest absolute Gasteiger partial charge is 0.335 e. The van der Waals surface area contributed by atoms with Gasteiger partial charge in [-0.3, -0.25) is 5.10 Å². The minimum Gasteiger partial charge on any atom is -0.478 e. The van der Waals surface area contributed by atoms with Gasteiger partial charge in [-0.1, -0.05) is 24.3 Å². The van der Waals surface area contributed by atoms with Crippen molar-refractivity contribution in [1.29, 1.82) is 0 Å². The zero-order valence-electron chi connectivity index (χ0n) is 11.5. The van der Waals surface area contributed by atoms with Crippen LogP contribution in [0.5, 0.6) is 0 Å². The van der Waals surface area contributed by atoms with Crippen molar-refractivity contribution in [3.8, 4) is 22.4 Å². The van der Waals surface area contributed by atoms with Crippen molar-refractivity contribution in [1.82, 2.24) is 10.2 Å². The Bertz CT molecular complexity index is 792. The van der Waals surface area contributed by atoms with Gasteiger partial charge in [0.15, 0.2) is 0 Å². The van der Waals surface area contributed by atoms with Gasteiger partial charge in [0.05, 0.1) is 11.3 Å². The highest BCUT2D eigenvalue weighted by Gasteiger charge is 2.09. The van der Waals surface area contributed by atoms with E-state index in [1.165, 1.54) is 0 Å². The molecule has 0 spiro atoms. The van der Waals surface area contributed by atoms with E-state index in [4.69, 9.17) is 5.11 Å². The van der Waals surface area contributed by atoms with E-state index < -0.39 is 5.97 Å². The molecule has 0 amide bonds. The number of rotatable bonds is 3. The van der Waals surface area contributed by atoms with Crippen molar-refractivity contribution >= 4 is 5.97 Å². The summed E-state index contributed by atoms with van der Waals surface area (Å²) in [7, 11) is 0. The number of carboxylic acids is 1. The number of benzene rings is 2. The molecule has 0 aliphatic rings. The van der Waals surface area contributed by atoms with Crippen molar-refractivity contribution in [2.45, 2.75) is 6.92 Å². The van der Waals surface area contributed by atoms with Gasteiger partial charge in [-0.05, 0) is 47.9 Å². The lowest BCUT2D eigenvalue weighted by atomic mass is 9.96. The Morgan fingerprint density at radius 1 is 1.10 bits per heavy atom. The molecule has 0 aliphatic carbocycles. The Balaban J connectivity index is 2.11. The lowest BCUT2D eigenvalue weighted by molar-refractivity contribution is 0.0697. The first-order valence-corrected chi connectivity index (χ1v) is 6.59. The number of aromatic carboxylic acids is 1. The summed E-state index contributed by atoms with van der Waals surface area (Å²) >= 11 is 0. The molecule has 0 saturated carbocycles. The Hall–Kier alpha value is -2.88. The number of H-pyrrole nitrogens is 1. The van der Waals surface area contributed by atoms with Gasteiger partial charge in [0.25, 0.3) is 0 Å². The predicted molar refractivity (Wildman–Crippen MR) is 81.2 cm³/mol. The second-order valence-electron chi connectivity index (χ2n) is 4.89. The van der Waals surface area contributed by atoms with Gasteiger partial charge < -0.3 is 5.11 Å². The van der Waals surface area contributed by atoms with Gasteiger partial charge in [-0.25, -0.2) is 4.79 Å². The molecule has 0 radical (unpaired) electrons. The number of aromatic nitrogens is 2. The molecule has 0 unspecified atom stereocenters. The third-order valence-corrected chi connectivity index (χ3v) is 3.47. The van der Waals surface area contributed by atoms with Gasteiger partial charge >= 0.3 is 5.97 Å². The highest BCUT2D eigenvalue weighted by molar-refractivity contribution is 5.90. The number of aromatic amines is 1. The number of carbonyl (C=O) groups is 1. The molecule has 0 aliphatic heterocycles. The number of carboxylic acid groups (broad SMARTS) is 1. The second-order valence-corrected chi connectivity index (χ2v) is 4.89. The van der Waals surface area contributed by atoms with Crippen LogP contribution in [0.2, 0.25) is 0 Å². The van der Waals surface area contributed by atoms with Gasteiger partial charge in [0.2, 0.25) is 0 Å². The predicted octanol–water partition coefficient (Wildman–Crippen LogP) is 3.75. The number of hydrogen-bond donors (Lipinski definition) is 2. The van der Waals surface area contributed by atoms with Crippen LogP contribution in [0.25, 0.3) is 22.4 Å². The molecule has 0 atom stereocenters. The highest BCUT2D eigenvalue weighted by Crippen LogP contribution is 2.28. The summed E-state index contributed by atoms with van der Waals surface area (Å²) in [6, 6.07) is 15.0. The molecule has 104 valence electrons. The lowest BCUT2D eigenvalue weighted by Crippen LogP contribution is -1.97. The minimum atomic E-state index is -0.916. The molecule has 3 aromatic rings. The van der Waals surface area contributed by atoms with Crippen LogP contribution < -0.4 is 0 Å². The number of nitrogens with zero attached hydrogens (tertiary/aromatic N) is 1. The van der Waals surface area contributed by atoms with E-state index in [1.807, 2.05) is 43.3 Å². The molecule has 0 bridgehead atoms. The Labute approximate surface area is 122 Å². The van der Waals surface area contributed by atoms with Crippen LogP contribution in [0.4, 0.5) is 0 Å². The van der Waals surface area contributed by atoms with Crippen LogP contribution in [0, 0.1) is 6.92 Å². The van der Waals surface area contributed by atoms with Gasteiger partial charge in [-0.2, -0.15) is 5.10 Å². The van der Waals surface area contributed by atoms with Crippen LogP contribution in [0.3, 0.4) is 0 Å². The third-order valence-electron chi connectivity index (χ3n) is 3.47. The molecule has 2 aromatic carbocycles. The Morgan fingerprint density at radius 2 is 1.90 bits per heavy atom. The molecule has 4 heteroatoms. The van der Waals surface area contributed by atoms with Crippen molar-refractivity contribution in [3.05, 3.63) is 65.9 Å². The first-order chi connectivity index (χ1) is 10.1. The van der Waals surface area contributed by atoms with Gasteiger partial charge in [0.1, 0.15) is 0 Å². The average molecular weight is 278 g/mol. The van der Waals surface area contributed by atoms with E-state index >= 15 is 0 Å². The third kappa shape index (κ3) is 2.56. The topological polar surface area (TPSA) is 66.0 Å². The maximum atomic E-state index is 11.1. The molecular weight excluding hydrogens is 264 g/mol. The summed E-state index contributed by atoms with van der Waals surface area (Å²) in [5.41, 5.74) is 5.21. The average Bonchev–Trinajstić information content (AvgIpc) is 3.02. The molecule has 1 aromatic heterocycles. The van der Waals surface area contributed by atoms with Crippen molar-refractivity contribution < 1.29 is 9.90 Å². The fraction of sp³-hybridized carbons (Fsp3) is 0.0588. The van der Waals surface area contributed by atoms with Crippen LogP contribution >= 0.6 is 0 Å². The molecule has 1 heterocycles. The quantitative estimate of drug-likeness (QED) is 0.766. The summed E-state index contributed by atoms with van der Waals surface area (Å²) in [5.74, 6) is -0.916. The molecule has 0 saturated heterocycles. The minimum absolute atomic E-state index is 0.294. The monoisotopic (exact) mass is 278 g/mol. The molecular formula is C17H14N2O2. The Morgan fingerprint density at radius 3 is 2.62 bits per heavy atom. The largest absolute Gasteiger partial charge is 0.478 e. The fourth-order valence-corrected chi connectivity index (χ4v) is 2.34. The second kappa shape index (κ2) is 5.25. The molecule has 0 fully saturated rings. The van der Waals surface area contributed by atoms with Crippen LogP contribution in [0.15, 0.2) is 54.7 Å². The van der Waals surface area contributed by atoms with E-state index in [0.717, 1.165) is 27.9 Å². The van der Waals surface area contributed by atoms with E-state index in [2.05, 4.69) is 10.2 Å². The summed E-state index contributed by atoms with van der Waals surface area (Å²) in [6.07, 6.45) is 1.71. The molecule has 4 nitrogen and oxygen atoms in total. The molecule has 21 heavy (non-hydrogen) atoms. The van der Waals surface area contributed by atoms with Crippen LogP contribution in [-0.2, 0) is 0 Å². The first-order valence-electron chi connectivity index (χ1n) is 6.59. The number of nitrogens with one attached hydrogen (secondary N) is 1. The van der Waals surface area contributed by atoms with Crippen LogP contribution in [-0.4, -0.2) is 21.3 Å². The maximum absolute atomic E-state index is 11.1. The first kappa shape index (κ1) is 13.1. The summed E-state index contributed by atoms with van der Waals surface area (Å²) < 4.78 is 0. The molecule has 3 rings (SSSR count). The summed E-state index contributed by atoms with van der Waals surface area (Å²) in [6.45, 7) is 1.98. The van der Waals surface area contributed by atoms with E-state index in [1.54, 1.807) is 18.3 Å². The van der Waals surface area contributed by atoms with Gasteiger partial charge in [0, 0.05) is 11.8 Å². The zero-order chi connectivity index (χ0) is 14.8. The van der Waals surface area contributed by atoms with Crippen LogP contribution in [0.1, 0.15) is 15.9 Å². The SMILES string of the molecule is Cc1ccc(C(=O)O)cc1-c1cccc(-c2ccn[nH]2)c1. The fourth-order valence-electron chi connectivity index (χ4n) is 2.34. The maximum Gasteiger partial charge on any atom is 0.335 e. The van der Waals surface area contributed by atoms with Crippen molar-refractivity contribution in [2.75, 3.05) is 0 Å². The van der Waals surface area contributed by atoms with Gasteiger partial charge in [-0.15, -0.1) is 0 Å². The van der Waals surface area contributed by atoms with Crippen molar-refractivity contribution in [3.63, 3.8) is 0 Å². The highest BCUT2D eigenvalue weighted by atomic mass is 16.4. The molecule has 2 N–H and O–H groups in total. The Kier molecular flexibility index (Phi) is 3.28. The van der Waals surface area contributed by atoms with E-state index in [-0.39, 0.29) is 0 Å². The van der Waals surface area contributed by atoms with E-state index in [0.29, 0.717) is 5.56 Å². The standard InChI is InChI=1S/C17H14N2O2/c1-11-5-6-14(17(20)21)10-15(11)12-3-2-4-13(9-12)16-7-8-18-19-16/h2-10H,1H3,(H,18,19)(H,20,21). The van der Waals surface area contributed by atoms with E-state index in [9.17, 15) is 4.79 Å². The number of aryl methyl sites for hydroxylation is 1.